The quantitative estimate of drug-likeness (QED) is 0.619. The van der Waals surface area contributed by atoms with Crippen LogP contribution in [0, 0.1) is 11.3 Å². The number of pyridine rings is 1. The van der Waals surface area contributed by atoms with E-state index in [1.165, 1.54) is 0 Å². The van der Waals surface area contributed by atoms with Gasteiger partial charge in [-0.05, 0) is 18.2 Å². The maximum absolute atomic E-state index is 8.75. The molecule has 0 amide bonds. The number of aromatic nitrogens is 1. The predicted molar refractivity (Wildman–Crippen MR) is 46.3 cm³/mol. The minimum absolute atomic E-state index is 0.657. The predicted octanol–water partition coefficient (Wildman–Crippen LogP) is 1.41. The lowest BCUT2D eigenvalue weighted by Crippen LogP contribution is -2.08. The SMILES string of the molecule is N#CC1=CCNc2cccnc21. The van der Waals surface area contributed by atoms with Gasteiger partial charge in [0.2, 0.25) is 0 Å². The summed E-state index contributed by atoms with van der Waals surface area (Å²) in [5.41, 5.74) is 2.35. The van der Waals surface area contributed by atoms with Crippen molar-refractivity contribution in [2.24, 2.45) is 0 Å². The van der Waals surface area contributed by atoms with Crippen molar-refractivity contribution in [2.45, 2.75) is 0 Å². The fourth-order valence-electron chi connectivity index (χ4n) is 1.22. The first kappa shape index (κ1) is 6.86. The summed E-state index contributed by atoms with van der Waals surface area (Å²) in [5, 5.41) is 11.9. The van der Waals surface area contributed by atoms with Crippen molar-refractivity contribution >= 4 is 11.3 Å². The van der Waals surface area contributed by atoms with Crippen molar-refractivity contribution in [3.63, 3.8) is 0 Å². The number of nitriles is 1. The van der Waals surface area contributed by atoms with Crippen LogP contribution in [0.15, 0.2) is 24.4 Å². The summed E-state index contributed by atoms with van der Waals surface area (Å²) >= 11 is 0. The molecule has 0 fully saturated rings. The molecule has 2 heterocycles. The highest BCUT2D eigenvalue weighted by Crippen LogP contribution is 2.23. The third-order valence-corrected chi connectivity index (χ3v) is 1.78. The van der Waals surface area contributed by atoms with Crippen LogP contribution in [0.25, 0.3) is 5.57 Å². The first-order valence-corrected chi connectivity index (χ1v) is 3.71. The second-order valence-electron chi connectivity index (χ2n) is 2.51. The van der Waals surface area contributed by atoms with Gasteiger partial charge in [-0.3, -0.25) is 4.98 Å². The van der Waals surface area contributed by atoms with Gasteiger partial charge in [-0.1, -0.05) is 0 Å². The van der Waals surface area contributed by atoms with E-state index in [1.807, 2.05) is 18.2 Å². The monoisotopic (exact) mass is 157 g/mol. The van der Waals surface area contributed by atoms with Crippen molar-refractivity contribution in [3.8, 4) is 6.07 Å². The fourth-order valence-corrected chi connectivity index (χ4v) is 1.22. The van der Waals surface area contributed by atoms with Crippen LogP contribution in [0.4, 0.5) is 5.69 Å². The zero-order valence-corrected chi connectivity index (χ0v) is 6.41. The lowest BCUT2D eigenvalue weighted by Gasteiger charge is -2.13. The van der Waals surface area contributed by atoms with E-state index in [1.54, 1.807) is 6.20 Å². The number of anilines is 1. The highest BCUT2D eigenvalue weighted by Gasteiger charge is 2.11. The summed E-state index contributed by atoms with van der Waals surface area (Å²) in [6.07, 6.45) is 3.53. The fraction of sp³-hybridized carbons (Fsp3) is 0.111. The molecule has 0 aromatic carbocycles. The number of nitrogens with zero attached hydrogens (tertiary/aromatic N) is 2. The maximum atomic E-state index is 8.75. The zero-order chi connectivity index (χ0) is 8.39. The smallest absolute Gasteiger partial charge is 0.104 e. The Hall–Kier alpha value is -1.82. The number of fused-ring (bicyclic) bond motifs is 1. The molecule has 1 aliphatic heterocycles. The Bertz CT molecular complexity index is 374. The molecule has 12 heavy (non-hydrogen) atoms. The average Bonchev–Trinajstić information content (AvgIpc) is 2.17. The highest BCUT2D eigenvalue weighted by molar-refractivity contribution is 5.84. The van der Waals surface area contributed by atoms with Gasteiger partial charge in [-0.2, -0.15) is 5.26 Å². The summed E-state index contributed by atoms with van der Waals surface area (Å²) < 4.78 is 0. The molecule has 3 nitrogen and oxygen atoms in total. The normalized spacial score (nSPS) is 13.8. The summed E-state index contributed by atoms with van der Waals surface area (Å²) in [4.78, 5) is 4.12. The van der Waals surface area contributed by atoms with Crippen molar-refractivity contribution in [1.82, 2.24) is 4.98 Å². The molecule has 0 atom stereocenters. The van der Waals surface area contributed by atoms with Crippen molar-refractivity contribution in [1.29, 1.82) is 5.26 Å². The van der Waals surface area contributed by atoms with E-state index >= 15 is 0 Å². The maximum Gasteiger partial charge on any atom is 0.104 e. The summed E-state index contributed by atoms with van der Waals surface area (Å²) in [5.74, 6) is 0. The van der Waals surface area contributed by atoms with Crippen LogP contribution in [-0.2, 0) is 0 Å². The van der Waals surface area contributed by atoms with Crippen LogP contribution in [0.1, 0.15) is 5.69 Å². The topological polar surface area (TPSA) is 48.7 Å². The molecule has 2 rings (SSSR count). The van der Waals surface area contributed by atoms with E-state index in [4.69, 9.17) is 5.26 Å². The molecule has 1 aromatic rings. The Labute approximate surface area is 70.4 Å². The van der Waals surface area contributed by atoms with Gasteiger partial charge in [-0.25, -0.2) is 0 Å². The van der Waals surface area contributed by atoms with Gasteiger partial charge in [0.05, 0.1) is 11.3 Å². The molecule has 0 saturated heterocycles. The molecule has 1 aliphatic rings. The highest BCUT2D eigenvalue weighted by atomic mass is 14.9. The van der Waals surface area contributed by atoms with Gasteiger partial charge < -0.3 is 5.32 Å². The Kier molecular flexibility index (Phi) is 1.52. The first-order chi connectivity index (χ1) is 5.92. The van der Waals surface area contributed by atoms with E-state index in [0.717, 1.165) is 11.4 Å². The van der Waals surface area contributed by atoms with E-state index in [0.29, 0.717) is 12.1 Å². The van der Waals surface area contributed by atoms with E-state index in [-0.39, 0.29) is 0 Å². The lowest BCUT2D eigenvalue weighted by molar-refractivity contribution is 1.20. The summed E-state index contributed by atoms with van der Waals surface area (Å²) in [6.45, 7) is 0.710. The van der Waals surface area contributed by atoms with E-state index < -0.39 is 0 Å². The molecule has 0 saturated carbocycles. The van der Waals surface area contributed by atoms with Crippen molar-refractivity contribution < 1.29 is 0 Å². The molecule has 1 N–H and O–H groups in total. The molecule has 0 radical (unpaired) electrons. The van der Waals surface area contributed by atoms with E-state index in [9.17, 15) is 0 Å². The molecule has 0 unspecified atom stereocenters. The Balaban J connectivity index is 2.57. The van der Waals surface area contributed by atoms with Crippen LogP contribution in [0.2, 0.25) is 0 Å². The second-order valence-corrected chi connectivity index (χ2v) is 2.51. The van der Waals surface area contributed by atoms with Crippen molar-refractivity contribution in [3.05, 3.63) is 30.1 Å². The number of hydrogen-bond donors (Lipinski definition) is 1. The van der Waals surface area contributed by atoms with Gasteiger partial charge in [0, 0.05) is 12.7 Å². The zero-order valence-electron chi connectivity index (χ0n) is 6.41. The van der Waals surface area contributed by atoms with Crippen LogP contribution in [0.5, 0.6) is 0 Å². The molecule has 0 spiro atoms. The largest absolute Gasteiger partial charge is 0.380 e. The van der Waals surface area contributed by atoms with Crippen LogP contribution >= 0.6 is 0 Å². The number of rotatable bonds is 0. The number of hydrogen-bond acceptors (Lipinski definition) is 3. The van der Waals surface area contributed by atoms with Crippen LogP contribution in [0.3, 0.4) is 0 Å². The second kappa shape index (κ2) is 2.67. The first-order valence-electron chi connectivity index (χ1n) is 3.71. The van der Waals surface area contributed by atoms with Crippen LogP contribution in [-0.4, -0.2) is 11.5 Å². The van der Waals surface area contributed by atoms with Gasteiger partial charge in [-0.15, -0.1) is 0 Å². The van der Waals surface area contributed by atoms with E-state index in [2.05, 4.69) is 16.4 Å². The molecule has 3 heteroatoms. The number of allylic oxidation sites excluding steroid dienone is 1. The molecule has 58 valence electrons. The van der Waals surface area contributed by atoms with Gasteiger partial charge in [0.15, 0.2) is 0 Å². The third-order valence-electron chi connectivity index (χ3n) is 1.78. The summed E-state index contributed by atoms with van der Waals surface area (Å²) in [7, 11) is 0. The standard InChI is InChI=1S/C9H7N3/c10-6-7-3-5-11-8-2-1-4-12-9(7)8/h1-4,11H,5H2. The Morgan fingerprint density at radius 3 is 3.33 bits per heavy atom. The van der Waals surface area contributed by atoms with Gasteiger partial charge >= 0.3 is 0 Å². The minimum atomic E-state index is 0.657. The minimum Gasteiger partial charge on any atom is -0.380 e. The lowest BCUT2D eigenvalue weighted by atomic mass is 10.1. The van der Waals surface area contributed by atoms with Crippen LogP contribution < -0.4 is 5.32 Å². The molecule has 0 bridgehead atoms. The molecule has 0 aliphatic carbocycles. The van der Waals surface area contributed by atoms with Gasteiger partial charge in [0.1, 0.15) is 11.8 Å². The van der Waals surface area contributed by atoms with Crippen molar-refractivity contribution in [2.75, 3.05) is 11.9 Å². The Morgan fingerprint density at radius 2 is 2.50 bits per heavy atom. The summed E-state index contributed by atoms with van der Waals surface area (Å²) in [6, 6.07) is 5.90. The molecular weight excluding hydrogens is 150 g/mol. The number of nitrogens with one attached hydrogen (secondary N) is 1. The average molecular weight is 157 g/mol. The third kappa shape index (κ3) is 0.940. The Morgan fingerprint density at radius 1 is 1.58 bits per heavy atom. The molecular formula is C9H7N3. The molecule has 1 aromatic heterocycles. The van der Waals surface area contributed by atoms with Gasteiger partial charge in [0.25, 0.3) is 0 Å².